The van der Waals surface area contributed by atoms with Crippen LogP contribution < -0.4 is 24.4 Å². The van der Waals surface area contributed by atoms with Gasteiger partial charge in [-0.2, -0.15) is 0 Å². The third kappa shape index (κ3) is 8.07. The number of pyridine rings is 1. The van der Waals surface area contributed by atoms with Crippen LogP contribution in [0.4, 0.5) is 17.1 Å². The Labute approximate surface area is 372 Å². The lowest BCUT2D eigenvalue weighted by Gasteiger charge is -2.56. The number of ether oxygens (including phenoxy) is 3. The van der Waals surface area contributed by atoms with Gasteiger partial charge in [0.05, 0.1) is 27.6 Å². The third-order valence-electron chi connectivity index (χ3n) is 14.3. The number of sulfonamides is 1. The van der Waals surface area contributed by atoms with Crippen LogP contribution in [0, 0.1) is 21.4 Å². The minimum atomic E-state index is -4.64. The SMILES string of the molecule is C=C(C)c1ccccc1[C@@H]1CCCN1C1CC2(CCN(c3ccc(C(=O)NS(=O)(=O)c4cc5c(c([N+](=O)[O-])c4)N[C@@H](C4CCOCC4)CO5)c(Oc4cnc5[nH]ccc5c4)c3)CC2)C1. The molecule has 0 radical (unpaired) electrons. The van der Waals surface area contributed by atoms with Gasteiger partial charge in [0, 0.05) is 73.9 Å². The number of aromatic nitrogens is 2. The van der Waals surface area contributed by atoms with E-state index in [0.29, 0.717) is 36.7 Å². The van der Waals surface area contributed by atoms with Gasteiger partial charge in [-0.3, -0.25) is 19.8 Å². The molecule has 64 heavy (non-hydrogen) atoms. The van der Waals surface area contributed by atoms with Gasteiger partial charge in [-0.15, -0.1) is 0 Å². The van der Waals surface area contributed by atoms with Crippen LogP contribution in [0.15, 0.2) is 90.6 Å². The van der Waals surface area contributed by atoms with Gasteiger partial charge in [0.15, 0.2) is 11.4 Å². The predicted molar refractivity (Wildman–Crippen MR) is 244 cm³/mol. The number of nitrogens with zero attached hydrogens (tertiary/aromatic N) is 4. The summed E-state index contributed by atoms with van der Waals surface area (Å²) in [6, 6.07) is 20.5. The Morgan fingerprint density at radius 3 is 2.59 bits per heavy atom. The van der Waals surface area contributed by atoms with Crippen LogP contribution in [0.1, 0.15) is 85.8 Å². The first-order valence-corrected chi connectivity index (χ1v) is 23.8. The van der Waals surface area contributed by atoms with E-state index in [4.69, 9.17) is 14.2 Å². The number of fused-ring (bicyclic) bond motifs is 2. The maximum Gasteiger partial charge on any atom is 0.297 e. The molecule has 6 heterocycles. The van der Waals surface area contributed by atoms with E-state index in [0.717, 1.165) is 68.0 Å². The van der Waals surface area contributed by atoms with Crippen LogP contribution >= 0.6 is 0 Å². The molecule has 2 aromatic heterocycles. The van der Waals surface area contributed by atoms with E-state index in [1.807, 2.05) is 12.1 Å². The van der Waals surface area contributed by atoms with E-state index in [9.17, 15) is 23.3 Å². The minimum Gasteiger partial charge on any atom is -0.489 e. The summed E-state index contributed by atoms with van der Waals surface area (Å²) in [5, 5.41) is 16.3. The number of hydrogen-bond donors (Lipinski definition) is 3. The minimum absolute atomic E-state index is 0.0247. The molecule has 0 unspecified atom stereocenters. The zero-order valence-corrected chi connectivity index (χ0v) is 36.7. The number of rotatable bonds is 11. The highest BCUT2D eigenvalue weighted by Gasteiger charge is 2.50. The molecule has 16 heteroatoms. The van der Waals surface area contributed by atoms with Crippen molar-refractivity contribution in [3.8, 4) is 17.2 Å². The van der Waals surface area contributed by atoms with Crippen LogP contribution in [0.25, 0.3) is 16.6 Å². The van der Waals surface area contributed by atoms with Gasteiger partial charge in [0.25, 0.3) is 21.6 Å². The van der Waals surface area contributed by atoms with Gasteiger partial charge in [-0.1, -0.05) is 36.4 Å². The number of piperidine rings is 1. The van der Waals surface area contributed by atoms with Crippen molar-refractivity contribution >= 4 is 49.6 Å². The maximum absolute atomic E-state index is 14.1. The predicted octanol–water partition coefficient (Wildman–Crippen LogP) is 8.60. The van der Waals surface area contributed by atoms with Crippen molar-refractivity contribution < 1.29 is 32.3 Å². The quantitative estimate of drug-likeness (QED) is 0.0850. The molecule has 1 aliphatic carbocycles. The average molecular weight is 888 g/mol. The molecule has 10 rings (SSSR count). The first kappa shape index (κ1) is 42.0. The van der Waals surface area contributed by atoms with Gasteiger partial charge < -0.3 is 29.4 Å². The molecule has 1 saturated carbocycles. The lowest BCUT2D eigenvalue weighted by molar-refractivity contribution is -0.384. The number of anilines is 2. The molecule has 334 valence electrons. The molecule has 5 aliphatic rings. The molecule has 1 amide bonds. The Morgan fingerprint density at radius 2 is 1.81 bits per heavy atom. The fourth-order valence-corrected chi connectivity index (χ4v) is 11.8. The van der Waals surface area contributed by atoms with E-state index < -0.39 is 31.4 Å². The van der Waals surface area contributed by atoms with Gasteiger partial charge >= 0.3 is 0 Å². The number of nitro benzene ring substituents is 1. The van der Waals surface area contributed by atoms with Gasteiger partial charge in [0.1, 0.15) is 23.8 Å². The lowest BCUT2D eigenvalue weighted by Crippen LogP contribution is -2.54. The highest BCUT2D eigenvalue weighted by molar-refractivity contribution is 7.90. The monoisotopic (exact) mass is 887 g/mol. The zero-order chi connectivity index (χ0) is 44.2. The first-order valence-electron chi connectivity index (χ1n) is 22.3. The van der Waals surface area contributed by atoms with Gasteiger partial charge in [0.2, 0.25) is 0 Å². The number of hydrogen-bond acceptors (Lipinski definition) is 12. The van der Waals surface area contributed by atoms with E-state index in [-0.39, 0.29) is 46.7 Å². The zero-order valence-electron chi connectivity index (χ0n) is 35.9. The largest absolute Gasteiger partial charge is 0.489 e. The molecular weight excluding hydrogens is 835 g/mol. The molecule has 4 aliphatic heterocycles. The fourth-order valence-electron chi connectivity index (χ4n) is 10.8. The second-order valence-electron chi connectivity index (χ2n) is 18.2. The summed E-state index contributed by atoms with van der Waals surface area (Å²) >= 11 is 0. The second kappa shape index (κ2) is 16.9. The highest BCUT2D eigenvalue weighted by Crippen LogP contribution is 2.54. The maximum atomic E-state index is 14.1. The van der Waals surface area contributed by atoms with E-state index in [2.05, 4.69) is 67.6 Å². The Balaban J connectivity index is 0.862. The highest BCUT2D eigenvalue weighted by atomic mass is 32.2. The molecule has 15 nitrogen and oxygen atoms in total. The lowest BCUT2D eigenvalue weighted by atomic mass is 9.59. The molecule has 0 bridgehead atoms. The van der Waals surface area contributed by atoms with Crippen molar-refractivity contribution in [3.05, 3.63) is 113 Å². The van der Waals surface area contributed by atoms with Crippen molar-refractivity contribution in [3.63, 3.8) is 0 Å². The standard InChI is InChI=1S/C48H53N7O8S/c1-30(2)37-6-3-4-7-38(37)41-8-5-17-54(41)34-26-48(27-34)14-18-53(19-15-48)33-9-10-39(43(23-33)63-35-22-32-11-16-49-46(32)50-28-35)47(56)52-64(59,60)36-24-42(55(57)58)45-44(25-36)62-29-40(51-45)31-12-20-61-21-13-31/h3-4,6-7,9-11,16,22-25,28,31,34,40-41,51H,1,5,8,12-15,17-21,26-27,29H2,2H3,(H,49,50)(H,52,56)/t40-,41+/m1/s1. The Morgan fingerprint density at radius 1 is 1.02 bits per heavy atom. The summed E-state index contributed by atoms with van der Waals surface area (Å²) in [5.74, 6) is -0.250. The number of carbonyl (C=O) groups excluding carboxylic acids is 1. The van der Waals surface area contributed by atoms with Crippen LogP contribution in [0.5, 0.6) is 17.2 Å². The summed E-state index contributed by atoms with van der Waals surface area (Å²) in [7, 11) is -4.64. The number of carbonyl (C=O) groups is 1. The molecule has 2 atom stereocenters. The number of amides is 1. The summed E-state index contributed by atoms with van der Waals surface area (Å²) in [5.41, 5.74) is 5.19. The van der Waals surface area contributed by atoms with Crippen molar-refractivity contribution in [1.29, 1.82) is 0 Å². The normalized spacial score (nSPS) is 21.4. The topological polar surface area (TPSA) is 181 Å². The fraction of sp³-hybridized carbons (Fsp3) is 0.417. The van der Waals surface area contributed by atoms with Crippen molar-refractivity contribution in [1.82, 2.24) is 19.6 Å². The van der Waals surface area contributed by atoms with Crippen molar-refractivity contribution in [2.45, 2.75) is 81.3 Å². The van der Waals surface area contributed by atoms with Gasteiger partial charge in [-0.25, -0.2) is 18.1 Å². The number of likely N-dealkylation sites (tertiary alicyclic amines) is 1. The number of benzene rings is 3. The number of nitrogens with one attached hydrogen (secondary N) is 3. The third-order valence-corrected chi connectivity index (χ3v) is 15.6. The smallest absolute Gasteiger partial charge is 0.297 e. The second-order valence-corrected chi connectivity index (χ2v) is 19.9. The molecular formula is C48H53N7O8S. The van der Waals surface area contributed by atoms with Crippen molar-refractivity contribution in [2.75, 3.05) is 49.7 Å². The summed E-state index contributed by atoms with van der Waals surface area (Å²) in [6.07, 6.45) is 11.7. The summed E-state index contributed by atoms with van der Waals surface area (Å²) < 4.78 is 47.8. The molecule has 4 fully saturated rings. The van der Waals surface area contributed by atoms with E-state index >= 15 is 0 Å². The summed E-state index contributed by atoms with van der Waals surface area (Å²) in [4.78, 5) is 37.8. The molecule has 3 saturated heterocycles. The van der Waals surface area contributed by atoms with Crippen LogP contribution in [0.2, 0.25) is 0 Å². The van der Waals surface area contributed by atoms with Gasteiger partial charge in [-0.05, 0) is 112 Å². The van der Waals surface area contributed by atoms with E-state index in [1.165, 1.54) is 49.1 Å². The van der Waals surface area contributed by atoms with Crippen LogP contribution in [-0.2, 0) is 14.8 Å². The van der Waals surface area contributed by atoms with Crippen LogP contribution in [-0.4, -0.2) is 85.7 Å². The Hall–Kier alpha value is -5.97. The van der Waals surface area contributed by atoms with E-state index in [1.54, 1.807) is 24.4 Å². The summed E-state index contributed by atoms with van der Waals surface area (Å²) in [6.45, 7) is 10.5. The van der Waals surface area contributed by atoms with Crippen molar-refractivity contribution in [2.24, 2.45) is 11.3 Å². The van der Waals surface area contributed by atoms with Crippen LogP contribution in [0.3, 0.4) is 0 Å². The first-order chi connectivity index (χ1) is 30.9. The molecule has 1 spiro atoms. The number of H-pyrrole nitrogens is 1. The number of aromatic amines is 1. The molecule has 3 aromatic carbocycles. The molecule has 3 N–H and O–H groups in total. The average Bonchev–Trinajstić information content (AvgIpc) is 3.98. The Kier molecular flexibility index (Phi) is 11.1. The number of allylic oxidation sites excluding steroid dienone is 1. The Bertz CT molecular complexity index is 2740. The molecule has 5 aromatic rings. The number of nitro groups is 1.